The van der Waals surface area contributed by atoms with Crippen molar-refractivity contribution in [3.05, 3.63) is 71.6 Å². The molecule has 0 unspecified atom stereocenters. The van der Waals surface area contributed by atoms with Gasteiger partial charge in [0.2, 0.25) is 11.7 Å². The first-order chi connectivity index (χ1) is 12.8. The number of aromatic nitrogens is 2. The van der Waals surface area contributed by atoms with Gasteiger partial charge in [0.25, 0.3) is 0 Å². The van der Waals surface area contributed by atoms with Crippen LogP contribution in [0, 0.1) is 0 Å². The van der Waals surface area contributed by atoms with Crippen molar-refractivity contribution in [1.29, 1.82) is 0 Å². The van der Waals surface area contributed by atoms with E-state index in [4.69, 9.17) is 4.52 Å². The van der Waals surface area contributed by atoms with E-state index in [9.17, 15) is 5.11 Å². The number of hydrogen-bond donors (Lipinski definition) is 1. The van der Waals surface area contributed by atoms with Crippen molar-refractivity contribution in [2.75, 3.05) is 13.1 Å². The minimum absolute atomic E-state index is 0.178. The molecule has 0 aliphatic carbocycles. The van der Waals surface area contributed by atoms with E-state index in [2.05, 4.69) is 39.3 Å². The van der Waals surface area contributed by atoms with Gasteiger partial charge in [-0.15, -0.1) is 0 Å². The van der Waals surface area contributed by atoms with E-state index >= 15 is 0 Å². The van der Waals surface area contributed by atoms with Crippen LogP contribution in [-0.2, 0) is 19.4 Å². The standard InChI is InChI=1S/C21H23N3O2/c25-19-12-13-24(15-19)14-17-6-9-18(10-7-17)21-22-20(26-23-21)11-8-16-4-2-1-3-5-16/h1-7,9-10,19,25H,8,11-15H2/t19-/m0/s1. The second-order valence-electron chi connectivity index (χ2n) is 6.87. The summed E-state index contributed by atoms with van der Waals surface area (Å²) >= 11 is 0. The summed E-state index contributed by atoms with van der Waals surface area (Å²) in [6.45, 7) is 2.59. The average molecular weight is 349 g/mol. The number of aliphatic hydroxyl groups is 1. The predicted octanol–water partition coefficient (Wildman–Crippen LogP) is 3.09. The monoisotopic (exact) mass is 349 g/mol. The number of aliphatic hydroxyl groups excluding tert-OH is 1. The maximum Gasteiger partial charge on any atom is 0.227 e. The number of hydrogen-bond acceptors (Lipinski definition) is 5. The smallest absolute Gasteiger partial charge is 0.227 e. The van der Waals surface area contributed by atoms with E-state index in [0.717, 1.165) is 44.5 Å². The van der Waals surface area contributed by atoms with Gasteiger partial charge < -0.3 is 9.63 Å². The Balaban J connectivity index is 1.36. The first-order valence-electron chi connectivity index (χ1n) is 9.12. The minimum Gasteiger partial charge on any atom is -0.392 e. The second kappa shape index (κ2) is 7.81. The van der Waals surface area contributed by atoms with Gasteiger partial charge >= 0.3 is 0 Å². The molecule has 0 radical (unpaired) electrons. The van der Waals surface area contributed by atoms with Gasteiger partial charge in [-0.2, -0.15) is 4.98 Å². The molecule has 1 aromatic heterocycles. The van der Waals surface area contributed by atoms with Crippen molar-refractivity contribution in [3.8, 4) is 11.4 Å². The zero-order valence-electron chi connectivity index (χ0n) is 14.7. The lowest BCUT2D eigenvalue weighted by Gasteiger charge is -2.14. The largest absolute Gasteiger partial charge is 0.392 e. The first-order valence-corrected chi connectivity index (χ1v) is 9.12. The molecule has 0 spiro atoms. The molecule has 2 heterocycles. The maximum atomic E-state index is 9.62. The Bertz CT molecular complexity index is 830. The first kappa shape index (κ1) is 16.9. The summed E-state index contributed by atoms with van der Waals surface area (Å²) in [6, 6.07) is 18.6. The molecule has 2 aromatic carbocycles. The number of likely N-dealkylation sites (tertiary alicyclic amines) is 1. The van der Waals surface area contributed by atoms with Crippen molar-refractivity contribution in [3.63, 3.8) is 0 Å². The normalized spacial score (nSPS) is 17.7. The molecule has 1 fully saturated rings. The summed E-state index contributed by atoms with van der Waals surface area (Å²) in [6.07, 6.45) is 2.32. The molecule has 1 atom stereocenters. The summed E-state index contributed by atoms with van der Waals surface area (Å²) in [5, 5.41) is 13.7. The topological polar surface area (TPSA) is 62.4 Å². The molecule has 5 nitrogen and oxygen atoms in total. The highest BCUT2D eigenvalue weighted by Crippen LogP contribution is 2.19. The zero-order valence-corrected chi connectivity index (χ0v) is 14.7. The van der Waals surface area contributed by atoms with Gasteiger partial charge in [0.15, 0.2) is 0 Å². The van der Waals surface area contributed by atoms with Crippen LogP contribution in [0.2, 0.25) is 0 Å². The third-order valence-electron chi connectivity index (χ3n) is 4.80. The molecule has 26 heavy (non-hydrogen) atoms. The molecule has 0 bridgehead atoms. The van der Waals surface area contributed by atoms with Crippen LogP contribution >= 0.6 is 0 Å². The summed E-state index contributed by atoms with van der Waals surface area (Å²) in [5.41, 5.74) is 3.46. The fourth-order valence-electron chi connectivity index (χ4n) is 3.34. The third-order valence-corrected chi connectivity index (χ3v) is 4.80. The van der Waals surface area contributed by atoms with Gasteiger partial charge in [0.1, 0.15) is 0 Å². The lowest BCUT2D eigenvalue weighted by molar-refractivity contribution is 0.175. The maximum absolute atomic E-state index is 9.62. The Morgan fingerprint density at radius 3 is 2.54 bits per heavy atom. The summed E-state index contributed by atoms with van der Waals surface area (Å²) in [5.74, 6) is 1.30. The Morgan fingerprint density at radius 1 is 1.00 bits per heavy atom. The molecule has 4 rings (SSSR count). The highest BCUT2D eigenvalue weighted by atomic mass is 16.5. The van der Waals surface area contributed by atoms with Gasteiger partial charge in [-0.1, -0.05) is 59.8 Å². The highest BCUT2D eigenvalue weighted by molar-refractivity contribution is 5.54. The summed E-state index contributed by atoms with van der Waals surface area (Å²) in [4.78, 5) is 6.79. The van der Waals surface area contributed by atoms with Crippen LogP contribution in [0.4, 0.5) is 0 Å². The molecular weight excluding hydrogens is 326 g/mol. The Labute approximate surface area is 153 Å². The van der Waals surface area contributed by atoms with Crippen LogP contribution in [0.3, 0.4) is 0 Å². The van der Waals surface area contributed by atoms with Crippen molar-refractivity contribution in [1.82, 2.24) is 15.0 Å². The van der Waals surface area contributed by atoms with Crippen LogP contribution in [0.5, 0.6) is 0 Å². The van der Waals surface area contributed by atoms with Crippen LogP contribution < -0.4 is 0 Å². The Kier molecular flexibility index (Phi) is 5.09. The second-order valence-corrected chi connectivity index (χ2v) is 6.87. The van der Waals surface area contributed by atoms with E-state index in [1.807, 2.05) is 30.3 Å². The van der Waals surface area contributed by atoms with Crippen LogP contribution in [0.25, 0.3) is 11.4 Å². The van der Waals surface area contributed by atoms with Crippen molar-refractivity contribution in [2.45, 2.75) is 31.9 Å². The highest BCUT2D eigenvalue weighted by Gasteiger charge is 2.20. The van der Waals surface area contributed by atoms with Crippen molar-refractivity contribution in [2.24, 2.45) is 0 Å². The SMILES string of the molecule is O[C@H]1CCN(Cc2ccc(-c3noc(CCc4ccccc4)n3)cc2)C1. The van der Waals surface area contributed by atoms with Crippen LogP contribution in [0.15, 0.2) is 59.1 Å². The molecule has 0 amide bonds. The molecule has 3 aromatic rings. The van der Waals surface area contributed by atoms with Crippen molar-refractivity contribution < 1.29 is 9.63 Å². The van der Waals surface area contributed by atoms with Crippen LogP contribution in [-0.4, -0.2) is 39.3 Å². The number of β-amino-alcohol motifs (C(OH)–C–C–N with tert-alkyl or cyclic N) is 1. The minimum atomic E-state index is -0.178. The lowest BCUT2D eigenvalue weighted by Crippen LogP contribution is -2.21. The molecular formula is C21H23N3O2. The molecule has 1 N–H and O–H groups in total. The lowest BCUT2D eigenvalue weighted by atomic mass is 10.1. The number of nitrogens with zero attached hydrogens (tertiary/aromatic N) is 3. The van der Waals surface area contributed by atoms with Crippen molar-refractivity contribution >= 4 is 0 Å². The van der Waals surface area contributed by atoms with E-state index in [1.165, 1.54) is 11.1 Å². The van der Waals surface area contributed by atoms with E-state index in [-0.39, 0.29) is 6.10 Å². The van der Waals surface area contributed by atoms with Gasteiger partial charge in [-0.3, -0.25) is 4.90 Å². The Hall–Kier alpha value is -2.50. The fraction of sp³-hybridized carbons (Fsp3) is 0.333. The molecule has 1 saturated heterocycles. The average Bonchev–Trinajstić information content (AvgIpc) is 3.31. The summed E-state index contributed by atoms with van der Waals surface area (Å²) in [7, 11) is 0. The van der Waals surface area contributed by atoms with E-state index < -0.39 is 0 Å². The zero-order chi connectivity index (χ0) is 17.8. The van der Waals surface area contributed by atoms with Gasteiger partial charge in [-0.25, -0.2) is 0 Å². The number of benzene rings is 2. The molecule has 5 heteroatoms. The molecule has 1 aliphatic heterocycles. The van der Waals surface area contributed by atoms with Gasteiger partial charge in [-0.05, 0) is 24.0 Å². The van der Waals surface area contributed by atoms with E-state index in [1.54, 1.807) is 0 Å². The third kappa shape index (κ3) is 4.18. The number of rotatable bonds is 6. The Morgan fingerprint density at radius 2 is 1.81 bits per heavy atom. The molecule has 1 aliphatic rings. The quantitative estimate of drug-likeness (QED) is 0.741. The van der Waals surface area contributed by atoms with Gasteiger partial charge in [0, 0.05) is 31.6 Å². The predicted molar refractivity (Wildman–Crippen MR) is 99.5 cm³/mol. The molecule has 0 saturated carbocycles. The molecule has 134 valence electrons. The summed E-state index contributed by atoms with van der Waals surface area (Å²) < 4.78 is 5.39. The fourth-order valence-corrected chi connectivity index (χ4v) is 3.34. The van der Waals surface area contributed by atoms with Crippen LogP contribution in [0.1, 0.15) is 23.4 Å². The van der Waals surface area contributed by atoms with E-state index in [0.29, 0.717) is 11.7 Å². The number of aryl methyl sites for hydroxylation is 2. The van der Waals surface area contributed by atoms with Gasteiger partial charge in [0.05, 0.1) is 6.10 Å².